The summed E-state index contributed by atoms with van der Waals surface area (Å²) in [5.74, 6) is -5.89. The van der Waals surface area contributed by atoms with Gasteiger partial charge in [0.25, 0.3) is 0 Å². The van der Waals surface area contributed by atoms with Gasteiger partial charge in [-0.1, -0.05) is 11.6 Å². The second kappa shape index (κ2) is 13.0. The third-order valence-electron chi connectivity index (χ3n) is 4.60. The Bertz CT molecular complexity index is 1140. The van der Waals surface area contributed by atoms with Gasteiger partial charge in [0.05, 0.1) is 16.6 Å². The van der Waals surface area contributed by atoms with Crippen LogP contribution in [0.3, 0.4) is 0 Å². The van der Waals surface area contributed by atoms with Crippen LogP contribution in [0, 0.1) is 17.6 Å². The fraction of sp³-hybridized carbons (Fsp3) is 0.333. The number of guanidine groups is 1. The molecule has 0 saturated heterocycles. The van der Waals surface area contributed by atoms with Gasteiger partial charge in [0.2, 0.25) is 5.91 Å². The minimum atomic E-state index is -4.32. The SMILES string of the molecule is CP(C)NC(N)=NCCC[C@@H](CS(=O)(=O)c1cc(F)c(Oc2ccc(Cl)cc2)c(F)c1)C(=O)NO. The average molecular weight is 551 g/mol. The normalized spacial score (nSPS) is 12.9. The fourth-order valence-electron chi connectivity index (χ4n) is 2.98. The number of nitrogens with one attached hydrogen (secondary N) is 2. The molecule has 0 aliphatic carbocycles. The second-order valence-corrected chi connectivity index (χ2v) is 12.1. The molecule has 192 valence electrons. The Balaban J connectivity index is 2.15. The molecule has 0 aromatic heterocycles. The van der Waals surface area contributed by atoms with E-state index in [1.165, 1.54) is 29.7 Å². The summed E-state index contributed by atoms with van der Waals surface area (Å²) >= 11 is 5.77. The van der Waals surface area contributed by atoms with E-state index in [9.17, 15) is 22.0 Å². The van der Waals surface area contributed by atoms with E-state index >= 15 is 0 Å². The van der Waals surface area contributed by atoms with Crippen LogP contribution in [0.4, 0.5) is 8.78 Å². The molecule has 1 atom stereocenters. The molecule has 1 amide bonds. The van der Waals surface area contributed by atoms with Gasteiger partial charge in [-0.3, -0.25) is 15.0 Å². The van der Waals surface area contributed by atoms with Crippen molar-refractivity contribution in [2.24, 2.45) is 16.6 Å². The summed E-state index contributed by atoms with van der Waals surface area (Å²) in [4.78, 5) is 15.5. The van der Waals surface area contributed by atoms with Crippen molar-refractivity contribution in [3.05, 3.63) is 53.1 Å². The van der Waals surface area contributed by atoms with Crippen LogP contribution in [-0.4, -0.2) is 51.1 Å². The van der Waals surface area contributed by atoms with E-state index < -0.39 is 57.8 Å². The van der Waals surface area contributed by atoms with Gasteiger partial charge in [-0.05, 0) is 70.6 Å². The molecule has 5 N–H and O–H groups in total. The predicted octanol–water partition coefficient (Wildman–Crippen LogP) is 3.65. The number of sulfone groups is 1. The van der Waals surface area contributed by atoms with Crippen LogP contribution in [0.5, 0.6) is 11.5 Å². The first-order valence-corrected chi connectivity index (χ1v) is 14.5. The maximum Gasteiger partial charge on any atom is 0.247 e. The lowest BCUT2D eigenvalue weighted by atomic mass is 10.1. The fourth-order valence-corrected chi connectivity index (χ4v) is 5.24. The van der Waals surface area contributed by atoms with Gasteiger partial charge in [0, 0.05) is 11.6 Å². The molecule has 0 fully saturated rings. The molecule has 0 saturated carbocycles. The van der Waals surface area contributed by atoms with Crippen LogP contribution in [-0.2, 0) is 14.6 Å². The Kier molecular flexibility index (Phi) is 10.6. The lowest BCUT2D eigenvalue weighted by Gasteiger charge is -2.16. The van der Waals surface area contributed by atoms with E-state index in [-0.39, 0.29) is 31.1 Å². The van der Waals surface area contributed by atoms with Gasteiger partial charge < -0.3 is 15.6 Å². The first-order chi connectivity index (χ1) is 16.4. The number of aliphatic imine (C=N–C) groups is 1. The Morgan fingerprint density at radius 2 is 1.83 bits per heavy atom. The summed E-state index contributed by atoms with van der Waals surface area (Å²) < 4.78 is 60.0. The summed E-state index contributed by atoms with van der Waals surface area (Å²) in [6.07, 6.45) is 0.302. The van der Waals surface area contributed by atoms with Crippen LogP contribution < -0.4 is 21.0 Å². The maximum atomic E-state index is 14.6. The molecule has 0 heterocycles. The summed E-state index contributed by atoms with van der Waals surface area (Å²) in [5.41, 5.74) is 7.13. The van der Waals surface area contributed by atoms with Crippen molar-refractivity contribution in [1.82, 2.24) is 10.6 Å². The zero-order valence-corrected chi connectivity index (χ0v) is 21.4. The van der Waals surface area contributed by atoms with Crippen LogP contribution >= 0.6 is 19.7 Å². The molecule has 2 aromatic carbocycles. The lowest BCUT2D eigenvalue weighted by Crippen LogP contribution is -2.33. The Labute approximate surface area is 208 Å². The highest BCUT2D eigenvalue weighted by molar-refractivity contribution is 7.91. The van der Waals surface area contributed by atoms with Crippen molar-refractivity contribution in [1.29, 1.82) is 0 Å². The van der Waals surface area contributed by atoms with Crippen molar-refractivity contribution in [2.45, 2.75) is 17.7 Å². The third-order valence-corrected chi connectivity index (χ3v) is 7.32. The van der Waals surface area contributed by atoms with E-state index in [2.05, 4.69) is 10.1 Å². The smallest absolute Gasteiger partial charge is 0.247 e. The summed E-state index contributed by atoms with van der Waals surface area (Å²) in [6, 6.07) is 6.92. The Morgan fingerprint density at radius 3 is 2.37 bits per heavy atom. The van der Waals surface area contributed by atoms with Crippen molar-refractivity contribution in [3.63, 3.8) is 0 Å². The molecule has 2 aromatic rings. The highest BCUT2D eigenvalue weighted by Crippen LogP contribution is 2.31. The highest BCUT2D eigenvalue weighted by Gasteiger charge is 2.28. The molecule has 0 unspecified atom stereocenters. The molecule has 14 heteroatoms. The van der Waals surface area contributed by atoms with E-state index in [0.717, 1.165) is 0 Å². The van der Waals surface area contributed by atoms with Gasteiger partial charge >= 0.3 is 0 Å². The molecular weight excluding hydrogens is 525 g/mol. The average Bonchev–Trinajstić information content (AvgIpc) is 2.78. The molecule has 0 bridgehead atoms. The second-order valence-electron chi connectivity index (χ2n) is 7.64. The molecule has 35 heavy (non-hydrogen) atoms. The summed E-state index contributed by atoms with van der Waals surface area (Å²) in [6.45, 7) is 4.08. The molecule has 0 aliphatic heterocycles. The topological polar surface area (TPSA) is 143 Å². The number of hydrogen-bond donors (Lipinski definition) is 4. The highest BCUT2D eigenvalue weighted by atomic mass is 35.5. The van der Waals surface area contributed by atoms with Gasteiger partial charge in [0.1, 0.15) is 5.75 Å². The molecule has 0 spiro atoms. The number of halogens is 3. The lowest BCUT2D eigenvalue weighted by molar-refractivity contribution is -0.132. The number of benzene rings is 2. The molecule has 2 rings (SSSR count). The van der Waals surface area contributed by atoms with Crippen LogP contribution in [0.15, 0.2) is 46.3 Å². The van der Waals surface area contributed by atoms with Gasteiger partial charge in [0.15, 0.2) is 33.2 Å². The van der Waals surface area contributed by atoms with E-state index in [1.54, 1.807) is 0 Å². The van der Waals surface area contributed by atoms with Crippen molar-refractivity contribution in [2.75, 3.05) is 25.6 Å². The number of nitrogens with zero attached hydrogens (tertiary/aromatic N) is 1. The van der Waals surface area contributed by atoms with Gasteiger partial charge in [-0.15, -0.1) is 0 Å². The zero-order chi connectivity index (χ0) is 26.2. The summed E-state index contributed by atoms with van der Waals surface area (Å²) in [5, 5.41) is 12.3. The molecule has 0 radical (unpaired) electrons. The van der Waals surface area contributed by atoms with Crippen molar-refractivity contribution < 1.29 is 31.9 Å². The number of nitrogens with two attached hydrogens (primary N) is 1. The van der Waals surface area contributed by atoms with Gasteiger partial charge in [-0.25, -0.2) is 22.7 Å². The number of ether oxygens (including phenoxy) is 1. The number of carbonyl (C=O) groups is 1. The van der Waals surface area contributed by atoms with Crippen LogP contribution in [0.2, 0.25) is 5.02 Å². The van der Waals surface area contributed by atoms with E-state index in [4.69, 9.17) is 27.3 Å². The maximum absolute atomic E-state index is 14.6. The largest absolute Gasteiger partial charge is 0.451 e. The Hall–Kier alpha value is -2.53. The number of carbonyl (C=O) groups excluding carboxylic acids is 1. The van der Waals surface area contributed by atoms with Gasteiger partial charge in [-0.2, -0.15) is 0 Å². The summed E-state index contributed by atoms with van der Waals surface area (Å²) in [7, 11) is -4.83. The quantitative estimate of drug-likeness (QED) is 0.0835. The number of rotatable bonds is 11. The minimum absolute atomic E-state index is 0.0259. The number of amides is 1. The third kappa shape index (κ3) is 8.88. The zero-order valence-electron chi connectivity index (χ0n) is 19.0. The number of hydroxylamine groups is 1. The monoisotopic (exact) mass is 550 g/mol. The molecule has 0 aliphatic rings. The van der Waals surface area contributed by atoms with E-state index in [0.29, 0.717) is 17.2 Å². The van der Waals surface area contributed by atoms with Crippen molar-refractivity contribution >= 4 is 41.4 Å². The van der Waals surface area contributed by atoms with Crippen molar-refractivity contribution in [3.8, 4) is 11.5 Å². The first-order valence-electron chi connectivity index (χ1n) is 10.3. The van der Waals surface area contributed by atoms with Crippen LogP contribution in [0.1, 0.15) is 12.8 Å². The molecular formula is C21H26ClF2N4O5PS. The first kappa shape index (κ1) is 28.7. The number of hydrogen-bond acceptors (Lipinski definition) is 6. The van der Waals surface area contributed by atoms with Crippen LogP contribution in [0.25, 0.3) is 0 Å². The van der Waals surface area contributed by atoms with E-state index in [1.807, 2.05) is 13.3 Å². The standard InChI is InChI=1S/C21H26ClF2N4O5PS/c1-34(2)28-21(25)26-9-3-4-13(20(29)27-30)12-35(31,32)16-10-17(23)19(18(24)11-16)33-15-7-5-14(22)6-8-15/h5-8,10-11,13,30H,3-4,9,12H2,1-2H3,(H,27,29)(H3,25,26,28)/t13-/m0/s1. The predicted molar refractivity (Wildman–Crippen MR) is 131 cm³/mol. The Morgan fingerprint density at radius 1 is 1.23 bits per heavy atom. The molecule has 9 nitrogen and oxygen atoms in total. The minimum Gasteiger partial charge on any atom is -0.451 e.